The summed E-state index contributed by atoms with van der Waals surface area (Å²) in [5.41, 5.74) is 4.90. The van der Waals surface area contributed by atoms with Crippen LogP contribution in [-0.2, 0) is 11.2 Å². The topological polar surface area (TPSA) is 32.8 Å². The highest BCUT2D eigenvalue weighted by Crippen LogP contribution is 2.23. The average Bonchev–Trinajstić information content (AvgIpc) is 2.64. The lowest BCUT2D eigenvalue weighted by atomic mass is 10.1. The molecule has 0 N–H and O–H groups in total. The number of hydrogen-bond donors (Lipinski definition) is 0. The van der Waals surface area contributed by atoms with Crippen molar-refractivity contribution in [3.05, 3.63) is 59.2 Å². The van der Waals surface area contributed by atoms with Crippen molar-refractivity contribution in [3.8, 4) is 5.75 Å². The zero-order valence-corrected chi connectivity index (χ0v) is 15.3. The third-order valence-corrected chi connectivity index (χ3v) is 4.85. The first kappa shape index (κ1) is 17.3. The summed E-state index contributed by atoms with van der Waals surface area (Å²) >= 11 is 0. The zero-order chi connectivity index (χ0) is 17.8. The summed E-state index contributed by atoms with van der Waals surface area (Å²) in [7, 11) is 1.65. The smallest absolute Gasteiger partial charge is 0.227 e. The van der Waals surface area contributed by atoms with Gasteiger partial charge in [0.05, 0.1) is 13.5 Å². The summed E-state index contributed by atoms with van der Waals surface area (Å²) in [4.78, 5) is 16.9. The second-order valence-corrected chi connectivity index (χ2v) is 6.68. The molecule has 0 bridgehead atoms. The highest BCUT2D eigenvalue weighted by atomic mass is 16.5. The monoisotopic (exact) mass is 338 g/mol. The fourth-order valence-corrected chi connectivity index (χ4v) is 3.29. The lowest BCUT2D eigenvalue weighted by Crippen LogP contribution is -2.49. The van der Waals surface area contributed by atoms with E-state index in [0.29, 0.717) is 6.42 Å². The third-order valence-electron chi connectivity index (χ3n) is 4.85. The van der Waals surface area contributed by atoms with E-state index in [0.717, 1.165) is 37.5 Å². The van der Waals surface area contributed by atoms with Crippen LogP contribution in [0, 0.1) is 13.8 Å². The molecule has 132 valence electrons. The molecular formula is C21H26N2O2. The number of aryl methyl sites for hydroxylation is 2. The Labute approximate surface area is 150 Å². The Hall–Kier alpha value is -2.49. The Morgan fingerprint density at radius 1 is 1.00 bits per heavy atom. The Morgan fingerprint density at radius 2 is 1.68 bits per heavy atom. The molecule has 0 radical (unpaired) electrons. The maximum atomic E-state index is 12.6. The second-order valence-electron chi connectivity index (χ2n) is 6.68. The van der Waals surface area contributed by atoms with Crippen LogP contribution in [0.2, 0.25) is 0 Å². The Bertz CT molecular complexity index is 732. The van der Waals surface area contributed by atoms with E-state index < -0.39 is 0 Å². The molecule has 0 aliphatic carbocycles. The number of rotatable bonds is 4. The standard InChI is InChI=1S/C21H26N2O2/c1-16-4-5-17(2)20(14-16)22-10-12-23(13-11-22)21(24)15-18-6-8-19(25-3)9-7-18/h4-9,14H,10-13,15H2,1-3H3. The van der Waals surface area contributed by atoms with Crippen LogP contribution in [0.3, 0.4) is 0 Å². The van der Waals surface area contributed by atoms with Gasteiger partial charge >= 0.3 is 0 Å². The van der Waals surface area contributed by atoms with E-state index in [1.807, 2.05) is 29.2 Å². The highest BCUT2D eigenvalue weighted by molar-refractivity contribution is 5.79. The predicted molar refractivity (Wildman–Crippen MR) is 101 cm³/mol. The average molecular weight is 338 g/mol. The van der Waals surface area contributed by atoms with Crippen LogP contribution in [0.4, 0.5) is 5.69 Å². The number of amides is 1. The minimum Gasteiger partial charge on any atom is -0.497 e. The molecule has 1 amide bonds. The third kappa shape index (κ3) is 4.13. The van der Waals surface area contributed by atoms with E-state index in [1.165, 1.54) is 16.8 Å². The molecule has 2 aromatic carbocycles. The lowest BCUT2D eigenvalue weighted by Gasteiger charge is -2.37. The van der Waals surface area contributed by atoms with Crippen LogP contribution in [0.5, 0.6) is 5.75 Å². The number of benzene rings is 2. The van der Waals surface area contributed by atoms with Gasteiger partial charge in [-0.3, -0.25) is 4.79 Å². The zero-order valence-electron chi connectivity index (χ0n) is 15.3. The Kier molecular flexibility index (Phi) is 5.27. The van der Waals surface area contributed by atoms with Gasteiger partial charge in [0, 0.05) is 31.9 Å². The molecule has 3 rings (SSSR count). The maximum Gasteiger partial charge on any atom is 0.227 e. The fraction of sp³-hybridized carbons (Fsp3) is 0.381. The summed E-state index contributed by atoms with van der Waals surface area (Å²) in [5.74, 6) is 1.02. The Morgan fingerprint density at radius 3 is 2.32 bits per heavy atom. The molecule has 0 saturated carbocycles. The molecule has 1 fully saturated rings. The maximum absolute atomic E-state index is 12.6. The first-order chi connectivity index (χ1) is 12.1. The quantitative estimate of drug-likeness (QED) is 0.858. The van der Waals surface area contributed by atoms with Crippen molar-refractivity contribution in [2.24, 2.45) is 0 Å². The first-order valence-electron chi connectivity index (χ1n) is 8.80. The van der Waals surface area contributed by atoms with Crippen molar-refractivity contribution in [2.45, 2.75) is 20.3 Å². The van der Waals surface area contributed by atoms with Gasteiger partial charge in [0.25, 0.3) is 0 Å². The van der Waals surface area contributed by atoms with Gasteiger partial charge in [-0.2, -0.15) is 0 Å². The SMILES string of the molecule is COc1ccc(CC(=O)N2CCN(c3cc(C)ccc3C)CC2)cc1. The molecule has 1 saturated heterocycles. The normalized spacial score (nSPS) is 14.5. The van der Waals surface area contributed by atoms with E-state index in [4.69, 9.17) is 4.74 Å². The van der Waals surface area contributed by atoms with Crippen molar-refractivity contribution >= 4 is 11.6 Å². The van der Waals surface area contributed by atoms with Crippen LogP contribution >= 0.6 is 0 Å². The second kappa shape index (κ2) is 7.60. The van der Waals surface area contributed by atoms with Crippen LogP contribution in [0.15, 0.2) is 42.5 Å². The van der Waals surface area contributed by atoms with Crippen LogP contribution in [-0.4, -0.2) is 44.1 Å². The van der Waals surface area contributed by atoms with E-state index in [9.17, 15) is 4.79 Å². The van der Waals surface area contributed by atoms with E-state index in [-0.39, 0.29) is 5.91 Å². The number of methoxy groups -OCH3 is 1. The van der Waals surface area contributed by atoms with E-state index in [1.54, 1.807) is 7.11 Å². The molecule has 1 aliphatic rings. The van der Waals surface area contributed by atoms with Gasteiger partial charge in [-0.1, -0.05) is 24.3 Å². The molecular weight excluding hydrogens is 312 g/mol. The number of carbonyl (C=O) groups is 1. The Balaban J connectivity index is 1.57. The van der Waals surface area contributed by atoms with Crippen LogP contribution in [0.25, 0.3) is 0 Å². The number of anilines is 1. The van der Waals surface area contributed by atoms with Crippen molar-refractivity contribution in [3.63, 3.8) is 0 Å². The summed E-state index contributed by atoms with van der Waals surface area (Å²) in [5, 5.41) is 0. The van der Waals surface area contributed by atoms with E-state index in [2.05, 4.69) is 36.9 Å². The van der Waals surface area contributed by atoms with Crippen molar-refractivity contribution in [1.82, 2.24) is 4.90 Å². The van der Waals surface area contributed by atoms with Gasteiger partial charge in [-0.05, 0) is 48.7 Å². The number of hydrogen-bond acceptors (Lipinski definition) is 3. The van der Waals surface area contributed by atoms with Crippen molar-refractivity contribution < 1.29 is 9.53 Å². The van der Waals surface area contributed by atoms with Crippen molar-refractivity contribution in [2.75, 3.05) is 38.2 Å². The summed E-state index contributed by atoms with van der Waals surface area (Å²) in [6, 6.07) is 14.3. The minimum absolute atomic E-state index is 0.200. The molecule has 4 nitrogen and oxygen atoms in total. The van der Waals surface area contributed by atoms with Crippen molar-refractivity contribution in [1.29, 1.82) is 0 Å². The number of carbonyl (C=O) groups excluding carboxylic acids is 1. The fourth-order valence-electron chi connectivity index (χ4n) is 3.29. The summed E-state index contributed by atoms with van der Waals surface area (Å²) in [6.45, 7) is 7.61. The lowest BCUT2D eigenvalue weighted by molar-refractivity contribution is -0.130. The van der Waals surface area contributed by atoms with Gasteiger partial charge in [0.1, 0.15) is 5.75 Å². The van der Waals surface area contributed by atoms with Crippen LogP contribution in [0.1, 0.15) is 16.7 Å². The summed E-state index contributed by atoms with van der Waals surface area (Å²) < 4.78 is 5.16. The molecule has 4 heteroatoms. The number of piperazine rings is 1. The molecule has 0 spiro atoms. The predicted octanol–water partition coefficient (Wildman–Crippen LogP) is 3.20. The molecule has 1 aliphatic heterocycles. The van der Waals surface area contributed by atoms with Gasteiger partial charge in [0.2, 0.25) is 5.91 Å². The molecule has 1 heterocycles. The summed E-state index contributed by atoms with van der Waals surface area (Å²) in [6.07, 6.45) is 0.452. The highest BCUT2D eigenvalue weighted by Gasteiger charge is 2.22. The van der Waals surface area contributed by atoms with Gasteiger partial charge in [-0.15, -0.1) is 0 Å². The van der Waals surface area contributed by atoms with Gasteiger partial charge in [0.15, 0.2) is 0 Å². The number of ether oxygens (including phenoxy) is 1. The molecule has 25 heavy (non-hydrogen) atoms. The number of nitrogens with zero attached hydrogens (tertiary/aromatic N) is 2. The molecule has 0 unspecified atom stereocenters. The largest absolute Gasteiger partial charge is 0.497 e. The van der Waals surface area contributed by atoms with Gasteiger partial charge < -0.3 is 14.5 Å². The molecule has 0 atom stereocenters. The van der Waals surface area contributed by atoms with Crippen LogP contribution < -0.4 is 9.64 Å². The molecule has 0 aromatic heterocycles. The van der Waals surface area contributed by atoms with Gasteiger partial charge in [-0.25, -0.2) is 0 Å². The first-order valence-corrected chi connectivity index (χ1v) is 8.80. The minimum atomic E-state index is 0.200. The molecule has 2 aromatic rings. The van der Waals surface area contributed by atoms with E-state index >= 15 is 0 Å².